The average Bonchev–Trinajstić information content (AvgIpc) is 2.76. The van der Waals surface area contributed by atoms with Crippen LogP contribution >= 0.6 is 12.4 Å². The summed E-state index contributed by atoms with van der Waals surface area (Å²) >= 11 is 0. The highest BCUT2D eigenvalue weighted by Gasteiger charge is 2.31. The first-order chi connectivity index (χ1) is 8.25. The maximum absolute atomic E-state index is 3.49. The molecule has 0 spiro atoms. The third-order valence-electron chi connectivity index (χ3n) is 4.27. The van der Waals surface area contributed by atoms with Crippen molar-refractivity contribution < 1.29 is 0 Å². The van der Waals surface area contributed by atoms with Crippen molar-refractivity contribution >= 4 is 12.4 Å². The Morgan fingerprint density at radius 2 is 2.06 bits per heavy atom. The molecule has 100 valence electrons. The van der Waals surface area contributed by atoms with E-state index in [1.54, 1.807) is 5.56 Å². The second-order valence-corrected chi connectivity index (χ2v) is 5.97. The van der Waals surface area contributed by atoms with Gasteiger partial charge in [-0.2, -0.15) is 0 Å². The van der Waals surface area contributed by atoms with Crippen molar-refractivity contribution in [2.45, 2.75) is 26.3 Å². The van der Waals surface area contributed by atoms with Gasteiger partial charge in [0, 0.05) is 26.2 Å². The molecule has 0 aromatic heterocycles. The van der Waals surface area contributed by atoms with Crippen LogP contribution in [0.5, 0.6) is 0 Å². The highest BCUT2D eigenvalue weighted by Crippen LogP contribution is 2.28. The Hall–Kier alpha value is -0.570. The SMILES string of the molecule is CC1(CN2CCc3ccccc3C2)CCNC1.Cl. The Labute approximate surface area is 116 Å². The molecule has 1 aromatic carbocycles. The van der Waals surface area contributed by atoms with Crippen LogP contribution in [0.1, 0.15) is 24.5 Å². The molecule has 3 heteroatoms. The zero-order valence-corrected chi connectivity index (χ0v) is 11.9. The molecule has 2 aliphatic heterocycles. The summed E-state index contributed by atoms with van der Waals surface area (Å²) in [6.07, 6.45) is 2.55. The largest absolute Gasteiger partial charge is 0.316 e. The van der Waals surface area contributed by atoms with Gasteiger partial charge >= 0.3 is 0 Å². The van der Waals surface area contributed by atoms with Crippen molar-refractivity contribution in [1.82, 2.24) is 10.2 Å². The van der Waals surface area contributed by atoms with Gasteiger partial charge in [0.2, 0.25) is 0 Å². The molecule has 1 unspecified atom stereocenters. The number of rotatable bonds is 2. The smallest absolute Gasteiger partial charge is 0.0236 e. The molecule has 1 atom stereocenters. The fourth-order valence-corrected chi connectivity index (χ4v) is 3.23. The van der Waals surface area contributed by atoms with E-state index in [9.17, 15) is 0 Å². The maximum atomic E-state index is 3.49. The number of halogens is 1. The van der Waals surface area contributed by atoms with Crippen LogP contribution < -0.4 is 5.32 Å². The summed E-state index contributed by atoms with van der Waals surface area (Å²) in [7, 11) is 0. The second-order valence-electron chi connectivity index (χ2n) is 5.97. The highest BCUT2D eigenvalue weighted by atomic mass is 35.5. The van der Waals surface area contributed by atoms with Gasteiger partial charge in [-0.3, -0.25) is 4.90 Å². The van der Waals surface area contributed by atoms with E-state index in [-0.39, 0.29) is 12.4 Å². The molecule has 0 aliphatic carbocycles. The van der Waals surface area contributed by atoms with E-state index in [2.05, 4.69) is 41.4 Å². The fraction of sp³-hybridized carbons (Fsp3) is 0.600. The summed E-state index contributed by atoms with van der Waals surface area (Å²) in [6.45, 7) is 8.42. The van der Waals surface area contributed by atoms with E-state index in [4.69, 9.17) is 0 Å². The van der Waals surface area contributed by atoms with Crippen LogP contribution in [0.4, 0.5) is 0 Å². The zero-order valence-electron chi connectivity index (χ0n) is 11.1. The standard InChI is InChI=1S/C15H22N2.ClH/c1-15(7-8-16-11-15)12-17-9-6-13-4-2-3-5-14(13)10-17;/h2-5,16H,6-12H2,1H3;1H. The van der Waals surface area contributed by atoms with Gasteiger partial charge in [-0.1, -0.05) is 31.2 Å². The van der Waals surface area contributed by atoms with E-state index in [1.807, 2.05) is 0 Å². The number of hydrogen-bond donors (Lipinski definition) is 1. The predicted octanol–water partition coefficient (Wildman–Crippen LogP) is 2.47. The molecule has 18 heavy (non-hydrogen) atoms. The first-order valence-electron chi connectivity index (χ1n) is 6.75. The minimum Gasteiger partial charge on any atom is -0.316 e. The monoisotopic (exact) mass is 266 g/mol. The average molecular weight is 267 g/mol. The van der Waals surface area contributed by atoms with Crippen LogP contribution in [0.3, 0.4) is 0 Å². The van der Waals surface area contributed by atoms with E-state index < -0.39 is 0 Å². The summed E-state index contributed by atoms with van der Waals surface area (Å²) in [5, 5.41) is 3.49. The number of nitrogens with zero attached hydrogens (tertiary/aromatic N) is 1. The lowest BCUT2D eigenvalue weighted by Crippen LogP contribution is -2.40. The molecule has 0 saturated carbocycles. The third-order valence-corrected chi connectivity index (χ3v) is 4.27. The summed E-state index contributed by atoms with van der Waals surface area (Å²) in [6, 6.07) is 8.90. The topological polar surface area (TPSA) is 15.3 Å². The Morgan fingerprint density at radius 3 is 2.78 bits per heavy atom. The van der Waals surface area contributed by atoms with Crippen LogP contribution in [-0.4, -0.2) is 31.1 Å². The molecule has 1 fully saturated rings. The minimum atomic E-state index is 0. The van der Waals surface area contributed by atoms with Crippen molar-refractivity contribution in [1.29, 1.82) is 0 Å². The van der Waals surface area contributed by atoms with Crippen molar-refractivity contribution in [2.24, 2.45) is 5.41 Å². The third kappa shape index (κ3) is 2.87. The Kier molecular flexibility index (Phi) is 4.31. The Bertz CT molecular complexity index is 399. The number of nitrogens with one attached hydrogen (secondary N) is 1. The second kappa shape index (κ2) is 5.60. The summed E-state index contributed by atoms with van der Waals surface area (Å²) in [4.78, 5) is 2.63. The zero-order chi connectivity index (χ0) is 11.7. The summed E-state index contributed by atoms with van der Waals surface area (Å²) in [5.74, 6) is 0. The van der Waals surface area contributed by atoms with Crippen LogP contribution in [0.2, 0.25) is 0 Å². The van der Waals surface area contributed by atoms with Gasteiger partial charge in [-0.15, -0.1) is 12.4 Å². The molecule has 1 aromatic rings. The van der Waals surface area contributed by atoms with Gasteiger partial charge in [0.1, 0.15) is 0 Å². The van der Waals surface area contributed by atoms with Crippen LogP contribution in [0.15, 0.2) is 24.3 Å². The van der Waals surface area contributed by atoms with Crippen molar-refractivity contribution in [3.05, 3.63) is 35.4 Å². The van der Waals surface area contributed by atoms with Crippen LogP contribution in [0, 0.1) is 5.41 Å². The van der Waals surface area contributed by atoms with Gasteiger partial charge in [0.25, 0.3) is 0 Å². The normalized spacial score (nSPS) is 27.6. The first kappa shape index (κ1) is 13.9. The lowest BCUT2D eigenvalue weighted by Gasteiger charge is -2.35. The van der Waals surface area contributed by atoms with Gasteiger partial charge < -0.3 is 5.32 Å². The molecule has 0 amide bonds. The summed E-state index contributed by atoms with van der Waals surface area (Å²) in [5.41, 5.74) is 3.58. The Morgan fingerprint density at radius 1 is 1.28 bits per heavy atom. The molecule has 0 radical (unpaired) electrons. The van der Waals surface area contributed by atoms with Crippen molar-refractivity contribution in [3.8, 4) is 0 Å². The number of fused-ring (bicyclic) bond motifs is 1. The van der Waals surface area contributed by atoms with Gasteiger partial charge in [0.05, 0.1) is 0 Å². The van der Waals surface area contributed by atoms with E-state index in [1.165, 1.54) is 44.6 Å². The lowest BCUT2D eigenvalue weighted by molar-refractivity contribution is 0.164. The molecular formula is C15H23ClN2. The molecular weight excluding hydrogens is 244 g/mol. The van der Waals surface area contributed by atoms with E-state index in [0.29, 0.717) is 5.41 Å². The maximum Gasteiger partial charge on any atom is 0.0236 e. The molecule has 1 N–H and O–H groups in total. The molecule has 2 heterocycles. The molecule has 1 saturated heterocycles. The predicted molar refractivity (Wildman–Crippen MR) is 78.3 cm³/mol. The lowest BCUT2D eigenvalue weighted by atomic mass is 9.88. The molecule has 3 rings (SSSR count). The van der Waals surface area contributed by atoms with Crippen LogP contribution in [0.25, 0.3) is 0 Å². The first-order valence-corrected chi connectivity index (χ1v) is 6.75. The van der Waals surface area contributed by atoms with Gasteiger partial charge in [-0.05, 0) is 35.9 Å². The van der Waals surface area contributed by atoms with Crippen molar-refractivity contribution in [2.75, 3.05) is 26.2 Å². The quantitative estimate of drug-likeness (QED) is 0.885. The van der Waals surface area contributed by atoms with Gasteiger partial charge in [0.15, 0.2) is 0 Å². The Balaban J connectivity index is 0.00000120. The molecule has 0 bridgehead atoms. The number of benzene rings is 1. The minimum absolute atomic E-state index is 0. The highest BCUT2D eigenvalue weighted by molar-refractivity contribution is 5.85. The van der Waals surface area contributed by atoms with E-state index >= 15 is 0 Å². The fourth-order valence-electron chi connectivity index (χ4n) is 3.23. The van der Waals surface area contributed by atoms with Crippen molar-refractivity contribution in [3.63, 3.8) is 0 Å². The number of hydrogen-bond acceptors (Lipinski definition) is 2. The summed E-state index contributed by atoms with van der Waals surface area (Å²) < 4.78 is 0. The molecule has 2 aliphatic rings. The van der Waals surface area contributed by atoms with E-state index in [0.717, 1.165) is 6.54 Å². The molecule has 2 nitrogen and oxygen atoms in total. The van der Waals surface area contributed by atoms with Crippen LogP contribution in [-0.2, 0) is 13.0 Å². The van der Waals surface area contributed by atoms with Gasteiger partial charge in [-0.25, -0.2) is 0 Å².